The lowest BCUT2D eigenvalue weighted by atomic mass is 10.1. The topological polar surface area (TPSA) is 32.5 Å². The van der Waals surface area contributed by atoms with E-state index in [9.17, 15) is 4.39 Å². The standard InChI is InChI=1S/C16H24FN3/c1-12(18)13-4-5-16(15(17)10-13)20-9-6-14(11-20)19-7-2-3-8-19/h4-5,10,12,14H,2-3,6-9,11,18H2,1H3/t12-,14?/m0/s1. The summed E-state index contributed by atoms with van der Waals surface area (Å²) < 4.78 is 14.3. The zero-order chi connectivity index (χ0) is 14.1. The highest BCUT2D eigenvalue weighted by Gasteiger charge is 2.30. The molecule has 2 N–H and O–H groups in total. The second kappa shape index (κ2) is 5.70. The van der Waals surface area contributed by atoms with Crippen LogP contribution in [-0.2, 0) is 0 Å². The number of benzene rings is 1. The van der Waals surface area contributed by atoms with Crippen molar-refractivity contribution in [2.24, 2.45) is 5.73 Å². The summed E-state index contributed by atoms with van der Waals surface area (Å²) in [5, 5.41) is 0. The van der Waals surface area contributed by atoms with Crippen LogP contribution in [0.15, 0.2) is 18.2 Å². The van der Waals surface area contributed by atoms with E-state index in [-0.39, 0.29) is 11.9 Å². The Labute approximate surface area is 120 Å². The first-order valence-electron chi connectivity index (χ1n) is 7.69. The Balaban J connectivity index is 1.71. The molecule has 20 heavy (non-hydrogen) atoms. The highest BCUT2D eigenvalue weighted by Crippen LogP contribution is 2.28. The number of nitrogens with zero attached hydrogens (tertiary/aromatic N) is 2. The van der Waals surface area contributed by atoms with Gasteiger partial charge in [0, 0.05) is 25.2 Å². The summed E-state index contributed by atoms with van der Waals surface area (Å²) in [5.41, 5.74) is 7.40. The maximum atomic E-state index is 14.3. The molecule has 1 aromatic rings. The molecule has 2 aliphatic heterocycles. The molecule has 2 fully saturated rings. The van der Waals surface area contributed by atoms with Gasteiger partial charge >= 0.3 is 0 Å². The molecule has 1 aromatic carbocycles. The van der Waals surface area contributed by atoms with Crippen molar-refractivity contribution in [1.29, 1.82) is 0 Å². The van der Waals surface area contributed by atoms with Crippen LogP contribution in [0.2, 0.25) is 0 Å². The Hall–Kier alpha value is -1.13. The number of hydrogen-bond acceptors (Lipinski definition) is 3. The molecule has 4 heteroatoms. The van der Waals surface area contributed by atoms with E-state index in [1.165, 1.54) is 25.9 Å². The molecule has 0 amide bonds. The van der Waals surface area contributed by atoms with Gasteiger partial charge in [-0.1, -0.05) is 6.07 Å². The molecule has 0 bridgehead atoms. The predicted molar refractivity (Wildman–Crippen MR) is 80.4 cm³/mol. The van der Waals surface area contributed by atoms with Crippen LogP contribution < -0.4 is 10.6 Å². The average molecular weight is 277 g/mol. The number of rotatable bonds is 3. The monoisotopic (exact) mass is 277 g/mol. The van der Waals surface area contributed by atoms with E-state index in [2.05, 4.69) is 9.80 Å². The molecule has 3 nitrogen and oxygen atoms in total. The maximum absolute atomic E-state index is 14.3. The summed E-state index contributed by atoms with van der Waals surface area (Å²) >= 11 is 0. The summed E-state index contributed by atoms with van der Waals surface area (Å²) in [7, 11) is 0. The molecule has 0 radical (unpaired) electrons. The fourth-order valence-electron chi connectivity index (χ4n) is 3.43. The molecule has 2 saturated heterocycles. The van der Waals surface area contributed by atoms with E-state index < -0.39 is 0 Å². The van der Waals surface area contributed by atoms with Gasteiger partial charge in [0.05, 0.1) is 5.69 Å². The highest BCUT2D eigenvalue weighted by molar-refractivity contribution is 5.50. The molecule has 3 rings (SSSR count). The van der Waals surface area contributed by atoms with Crippen LogP contribution in [0.25, 0.3) is 0 Å². The van der Waals surface area contributed by atoms with Crippen LogP contribution in [0.4, 0.5) is 10.1 Å². The van der Waals surface area contributed by atoms with Gasteiger partial charge in [-0.2, -0.15) is 0 Å². The third-order valence-electron chi connectivity index (χ3n) is 4.66. The van der Waals surface area contributed by atoms with Crippen molar-refractivity contribution in [3.8, 4) is 0 Å². The molecule has 1 unspecified atom stereocenters. The Morgan fingerprint density at radius 3 is 2.65 bits per heavy atom. The van der Waals surface area contributed by atoms with Gasteiger partial charge in [0.15, 0.2) is 0 Å². The van der Waals surface area contributed by atoms with Crippen LogP contribution in [-0.4, -0.2) is 37.1 Å². The van der Waals surface area contributed by atoms with Gasteiger partial charge < -0.3 is 10.6 Å². The quantitative estimate of drug-likeness (QED) is 0.921. The average Bonchev–Trinajstić information content (AvgIpc) is 3.09. The summed E-state index contributed by atoms with van der Waals surface area (Å²) in [6, 6.07) is 5.91. The zero-order valence-electron chi connectivity index (χ0n) is 12.2. The minimum absolute atomic E-state index is 0.116. The van der Waals surface area contributed by atoms with Crippen molar-refractivity contribution in [2.45, 2.75) is 38.3 Å². The summed E-state index contributed by atoms with van der Waals surface area (Å²) in [5.74, 6) is -0.137. The van der Waals surface area contributed by atoms with Gasteiger partial charge in [-0.15, -0.1) is 0 Å². The van der Waals surface area contributed by atoms with Crippen molar-refractivity contribution in [3.05, 3.63) is 29.6 Å². The fraction of sp³-hybridized carbons (Fsp3) is 0.625. The molecule has 2 aliphatic rings. The molecule has 0 saturated carbocycles. The van der Waals surface area contributed by atoms with Gasteiger partial charge in [-0.25, -0.2) is 4.39 Å². The number of halogens is 1. The molecule has 110 valence electrons. The summed E-state index contributed by atoms with van der Waals surface area (Å²) in [6.45, 7) is 6.22. The first kappa shape index (κ1) is 13.8. The minimum Gasteiger partial charge on any atom is -0.368 e. The minimum atomic E-state index is -0.137. The van der Waals surface area contributed by atoms with Crippen molar-refractivity contribution in [2.75, 3.05) is 31.1 Å². The fourth-order valence-corrected chi connectivity index (χ4v) is 3.43. The largest absolute Gasteiger partial charge is 0.368 e. The Kier molecular flexibility index (Phi) is 3.94. The summed E-state index contributed by atoms with van der Waals surface area (Å²) in [4.78, 5) is 4.75. The zero-order valence-corrected chi connectivity index (χ0v) is 12.2. The van der Waals surface area contributed by atoms with Crippen LogP contribution >= 0.6 is 0 Å². The number of likely N-dealkylation sites (tertiary alicyclic amines) is 1. The second-order valence-corrected chi connectivity index (χ2v) is 6.13. The summed E-state index contributed by atoms with van der Waals surface area (Å²) in [6.07, 6.45) is 3.77. The van der Waals surface area contributed by atoms with Gasteiger partial charge in [-0.3, -0.25) is 4.90 Å². The van der Waals surface area contributed by atoms with E-state index in [4.69, 9.17) is 5.73 Å². The SMILES string of the molecule is C[C@H](N)c1ccc(N2CCC(N3CCCC3)C2)c(F)c1. The van der Waals surface area contributed by atoms with E-state index in [1.807, 2.05) is 19.1 Å². The Morgan fingerprint density at radius 2 is 2.00 bits per heavy atom. The van der Waals surface area contributed by atoms with E-state index in [0.717, 1.165) is 30.8 Å². The third kappa shape index (κ3) is 2.67. The van der Waals surface area contributed by atoms with Crippen LogP contribution in [0, 0.1) is 5.82 Å². The second-order valence-electron chi connectivity index (χ2n) is 6.13. The molecular weight excluding hydrogens is 253 g/mol. The normalized spacial score (nSPS) is 25.4. The van der Waals surface area contributed by atoms with Crippen LogP contribution in [0.5, 0.6) is 0 Å². The number of hydrogen-bond donors (Lipinski definition) is 1. The molecule has 2 heterocycles. The molecule has 0 aromatic heterocycles. The third-order valence-corrected chi connectivity index (χ3v) is 4.66. The van der Waals surface area contributed by atoms with Gasteiger partial charge in [0.2, 0.25) is 0 Å². The van der Waals surface area contributed by atoms with Gasteiger partial charge in [0.1, 0.15) is 5.82 Å². The van der Waals surface area contributed by atoms with Crippen molar-refractivity contribution in [3.63, 3.8) is 0 Å². The predicted octanol–water partition coefficient (Wildman–Crippen LogP) is 2.52. The van der Waals surface area contributed by atoms with E-state index in [1.54, 1.807) is 6.07 Å². The first-order valence-corrected chi connectivity index (χ1v) is 7.69. The molecule has 2 atom stereocenters. The van der Waals surface area contributed by atoms with E-state index >= 15 is 0 Å². The van der Waals surface area contributed by atoms with Crippen LogP contribution in [0.1, 0.15) is 37.8 Å². The lowest BCUT2D eigenvalue weighted by Crippen LogP contribution is -2.35. The molecular formula is C16H24FN3. The number of nitrogens with two attached hydrogens (primary N) is 1. The smallest absolute Gasteiger partial charge is 0.146 e. The molecule has 0 aliphatic carbocycles. The Bertz CT molecular complexity index is 469. The van der Waals surface area contributed by atoms with Crippen molar-refractivity contribution in [1.82, 2.24) is 4.90 Å². The Morgan fingerprint density at radius 1 is 1.25 bits per heavy atom. The van der Waals surface area contributed by atoms with Gasteiger partial charge in [-0.05, 0) is 57.0 Å². The molecule has 0 spiro atoms. The van der Waals surface area contributed by atoms with Crippen molar-refractivity contribution < 1.29 is 4.39 Å². The van der Waals surface area contributed by atoms with E-state index in [0.29, 0.717) is 6.04 Å². The highest BCUT2D eigenvalue weighted by atomic mass is 19.1. The van der Waals surface area contributed by atoms with Gasteiger partial charge in [0.25, 0.3) is 0 Å². The lowest BCUT2D eigenvalue weighted by Gasteiger charge is -2.25. The lowest BCUT2D eigenvalue weighted by molar-refractivity contribution is 0.260. The first-order chi connectivity index (χ1) is 9.65. The van der Waals surface area contributed by atoms with Crippen LogP contribution in [0.3, 0.4) is 0 Å². The number of anilines is 1. The maximum Gasteiger partial charge on any atom is 0.146 e. The van der Waals surface area contributed by atoms with Crippen molar-refractivity contribution >= 4 is 5.69 Å².